The van der Waals surface area contributed by atoms with Gasteiger partial charge < -0.3 is 14.2 Å². The van der Waals surface area contributed by atoms with Crippen molar-refractivity contribution in [2.24, 2.45) is 5.92 Å². The maximum absolute atomic E-state index is 12.5. The molecule has 1 fully saturated rings. The predicted molar refractivity (Wildman–Crippen MR) is 117 cm³/mol. The third-order valence-corrected chi connectivity index (χ3v) is 7.62. The lowest BCUT2D eigenvalue weighted by Gasteiger charge is -2.27. The van der Waals surface area contributed by atoms with Crippen molar-refractivity contribution >= 4 is 38.4 Å². The van der Waals surface area contributed by atoms with E-state index in [1.165, 1.54) is 12.1 Å². The number of carbonyl (C=O) groups excluding carboxylic acids is 1. The summed E-state index contributed by atoms with van der Waals surface area (Å²) in [6.45, 7) is 3.64. The van der Waals surface area contributed by atoms with Gasteiger partial charge in [0.2, 0.25) is 14.9 Å². The van der Waals surface area contributed by atoms with E-state index in [0.717, 1.165) is 36.8 Å². The van der Waals surface area contributed by atoms with Crippen molar-refractivity contribution in [2.45, 2.75) is 56.6 Å². The van der Waals surface area contributed by atoms with Crippen LogP contribution in [0.1, 0.15) is 61.9 Å². The van der Waals surface area contributed by atoms with E-state index >= 15 is 0 Å². The molecule has 1 amide bonds. The average Bonchev–Trinajstić information content (AvgIpc) is 3.35. The Morgan fingerprint density at radius 1 is 1.16 bits per heavy atom. The van der Waals surface area contributed by atoms with Crippen LogP contribution in [0.25, 0.3) is 11.1 Å². The van der Waals surface area contributed by atoms with Crippen LogP contribution in [0.3, 0.4) is 0 Å². The van der Waals surface area contributed by atoms with Gasteiger partial charge in [-0.1, -0.05) is 25.4 Å². The SMILES string of the molecule is CC(C)CS(=O)(=O)c1ccc(C(=O)NC2CCC(c3nc4cc(Cl)ccc4o3)CC2)o1. The highest BCUT2D eigenvalue weighted by atomic mass is 35.5. The Morgan fingerprint density at radius 2 is 1.90 bits per heavy atom. The lowest BCUT2D eigenvalue weighted by Crippen LogP contribution is -2.37. The number of hydrogen-bond donors (Lipinski definition) is 1. The van der Waals surface area contributed by atoms with Gasteiger partial charge in [-0.15, -0.1) is 0 Å². The molecule has 1 aliphatic rings. The van der Waals surface area contributed by atoms with E-state index in [-0.39, 0.29) is 34.5 Å². The van der Waals surface area contributed by atoms with Gasteiger partial charge in [-0.05, 0) is 61.9 Å². The zero-order chi connectivity index (χ0) is 22.2. The Balaban J connectivity index is 1.35. The quantitative estimate of drug-likeness (QED) is 0.553. The van der Waals surface area contributed by atoms with Gasteiger partial charge in [0.25, 0.3) is 5.91 Å². The standard InChI is InChI=1S/C22H25ClN2O5S/c1-13(2)12-31(27,28)20-10-9-19(29-20)21(26)24-16-6-3-14(4-7-16)22-25-17-11-15(23)5-8-18(17)30-22/h5,8-11,13-14,16H,3-4,6-7,12H2,1-2H3,(H,24,26). The van der Waals surface area contributed by atoms with Crippen molar-refractivity contribution in [1.82, 2.24) is 10.3 Å². The second-order valence-electron chi connectivity index (χ2n) is 8.48. The van der Waals surface area contributed by atoms with Gasteiger partial charge >= 0.3 is 0 Å². The number of halogens is 1. The summed E-state index contributed by atoms with van der Waals surface area (Å²) in [6.07, 6.45) is 3.21. The van der Waals surface area contributed by atoms with Crippen LogP contribution in [0.5, 0.6) is 0 Å². The molecule has 0 bridgehead atoms. The number of fused-ring (bicyclic) bond motifs is 1. The van der Waals surface area contributed by atoms with Crippen LogP contribution in [-0.4, -0.2) is 31.1 Å². The van der Waals surface area contributed by atoms with Gasteiger partial charge in [0.1, 0.15) is 5.52 Å². The maximum Gasteiger partial charge on any atom is 0.287 e. The fourth-order valence-corrected chi connectivity index (χ4v) is 5.66. The smallest absolute Gasteiger partial charge is 0.287 e. The molecule has 0 spiro atoms. The number of aromatic nitrogens is 1. The zero-order valence-corrected chi connectivity index (χ0v) is 19.0. The summed E-state index contributed by atoms with van der Waals surface area (Å²) in [4.78, 5) is 17.1. The van der Waals surface area contributed by atoms with Crippen LogP contribution >= 0.6 is 11.6 Å². The van der Waals surface area contributed by atoms with Crippen molar-refractivity contribution in [3.8, 4) is 0 Å². The van der Waals surface area contributed by atoms with E-state index in [1.807, 2.05) is 19.9 Å². The molecule has 2 aromatic heterocycles. The fourth-order valence-electron chi connectivity index (χ4n) is 3.96. The molecule has 0 aliphatic heterocycles. The number of furan rings is 1. The lowest BCUT2D eigenvalue weighted by atomic mass is 9.86. The van der Waals surface area contributed by atoms with E-state index in [1.54, 1.807) is 12.1 Å². The van der Waals surface area contributed by atoms with E-state index in [4.69, 9.17) is 20.4 Å². The highest BCUT2D eigenvalue weighted by Gasteiger charge is 2.28. The largest absolute Gasteiger partial charge is 0.440 e. The molecular weight excluding hydrogens is 440 g/mol. The van der Waals surface area contributed by atoms with Gasteiger partial charge in [0.05, 0.1) is 5.75 Å². The summed E-state index contributed by atoms with van der Waals surface area (Å²) in [6, 6.07) is 8.14. The number of rotatable bonds is 6. The highest BCUT2D eigenvalue weighted by molar-refractivity contribution is 7.91. The molecule has 0 unspecified atom stereocenters. The zero-order valence-electron chi connectivity index (χ0n) is 17.4. The summed E-state index contributed by atoms with van der Waals surface area (Å²) in [5, 5.41) is 3.41. The van der Waals surface area contributed by atoms with Crippen LogP contribution in [0.2, 0.25) is 5.02 Å². The number of sulfone groups is 1. The number of amides is 1. The lowest BCUT2D eigenvalue weighted by molar-refractivity contribution is 0.0891. The number of hydrogen-bond acceptors (Lipinski definition) is 6. The minimum atomic E-state index is -3.53. The van der Waals surface area contributed by atoms with Gasteiger partial charge in [-0.25, -0.2) is 13.4 Å². The third-order valence-electron chi connectivity index (χ3n) is 5.44. The van der Waals surface area contributed by atoms with Crippen molar-refractivity contribution < 1.29 is 22.0 Å². The molecule has 7 nitrogen and oxygen atoms in total. The van der Waals surface area contributed by atoms with Crippen LogP contribution in [0.15, 0.2) is 44.3 Å². The Labute approximate surface area is 186 Å². The predicted octanol–water partition coefficient (Wildman–Crippen LogP) is 4.96. The van der Waals surface area contributed by atoms with Crippen molar-refractivity contribution in [2.75, 3.05) is 5.75 Å². The monoisotopic (exact) mass is 464 g/mol. The average molecular weight is 465 g/mol. The van der Waals surface area contributed by atoms with Gasteiger partial charge in [-0.2, -0.15) is 0 Å². The second-order valence-corrected chi connectivity index (χ2v) is 10.9. The summed E-state index contributed by atoms with van der Waals surface area (Å²) in [5.74, 6) is 0.462. The molecule has 0 radical (unpaired) electrons. The maximum atomic E-state index is 12.5. The first-order valence-corrected chi connectivity index (χ1v) is 12.4. The van der Waals surface area contributed by atoms with Gasteiger partial charge in [0, 0.05) is 17.0 Å². The van der Waals surface area contributed by atoms with Gasteiger partial charge in [0.15, 0.2) is 17.2 Å². The minimum absolute atomic E-state index is 0.0107. The van der Waals surface area contributed by atoms with E-state index in [2.05, 4.69) is 10.3 Å². The first-order chi connectivity index (χ1) is 14.7. The summed E-state index contributed by atoms with van der Waals surface area (Å²) >= 11 is 6.02. The molecule has 1 aromatic carbocycles. The van der Waals surface area contributed by atoms with Crippen molar-refractivity contribution in [1.29, 1.82) is 0 Å². The fraction of sp³-hybridized carbons (Fsp3) is 0.455. The van der Waals surface area contributed by atoms with Crippen LogP contribution in [0.4, 0.5) is 0 Å². The topological polar surface area (TPSA) is 102 Å². The Kier molecular flexibility index (Phi) is 6.12. The van der Waals surface area contributed by atoms with Crippen molar-refractivity contribution in [3.63, 3.8) is 0 Å². The Hall–Kier alpha value is -2.32. The third kappa shape index (κ3) is 4.96. The van der Waals surface area contributed by atoms with Crippen molar-refractivity contribution in [3.05, 3.63) is 47.0 Å². The first kappa shape index (κ1) is 21.9. The first-order valence-electron chi connectivity index (χ1n) is 10.4. The molecule has 31 heavy (non-hydrogen) atoms. The summed E-state index contributed by atoms with van der Waals surface area (Å²) in [5.41, 5.74) is 1.47. The Bertz CT molecular complexity index is 1190. The summed E-state index contributed by atoms with van der Waals surface area (Å²) in [7, 11) is -3.53. The molecule has 0 saturated heterocycles. The van der Waals surface area contributed by atoms with Gasteiger partial charge in [-0.3, -0.25) is 4.79 Å². The highest BCUT2D eigenvalue weighted by Crippen LogP contribution is 2.34. The molecule has 1 saturated carbocycles. The van der Waals surface area contributed by atoms with Crippen LogP contribution in [0, 0.1) is 5.92 Å². The molecular formula is C22H25ClN2O5S. The molecule has 4 rings (SSSR count). The van der Waals surface area contributed by atoms with E-state index in [9.17, 15) is 13.2 Å². The molecule has 0 atom stereocenters. The number of benzene rings is 1. The second kappa shape index (κ2) is 8.67. The molecule has 9 heteroatoms. The van der Waals surface area contributed by atoms with E-state index in [0.29, 0.717) is 10.9 Å². The van der Waals surface area contributed by atoms with E-state index < -0.39 is 15.7 Å². The van der Waals surface area contributed by atoms with Crippen LogP contribution in [-0.2, 0) is 9.84 Å². The normalized spacial score (nSPS) is 19.7. The molecule has 166 valence electrons. The minimum Gasteiger partial charge on any atom is -0.440 e. The molecule has 3 aromatic rings. The Morgan fingerprint density at radius 3 is 2.61 bits per heavy atom. The number of nitrogens with zero attached hydrogens (tertiary/aromatic N) is 1. The summed E-state index contributed by atoms with van der Waals surface area (Å²) < 4.78 is 35.8. The molecule has 1 N–H and O–H groups in total. The number of oxazole rings is 1. The molecule has 1 aliphatic carbocycles. The number of carbonyl (C=O) groups is 1. The van der Waals surface area contributed by atoms with Crippen LogP contribution < -0.4 is 5.32 Å². The number of nitrogens with one attached hydrogen (secondary N) is 1. The molecule has 2 heterocycles.